The minimum absolute atomic E-state index is 0.512. The van der Waals surface area contributed by atoms with Crippen molar-refractivity contribution >= 4 is 27.6 Å². The Bertz CT molecular complexity index is 576. The summed E-state index contributed by atoms with van der Waals surface area (Å²) < 4.78 is 5.89. The van der Waals surface area contributed by atoms with Crippen molar-refractivity contribution < 1.29 is 4.74 Å². The van der Waals surface area contributed by atoms with Crippen LogP contribution < -0.4 is 15.4 Å². The molecule has 5 nitrogen and oxygen atoms in total. The van der Waals surface area contributed by atoms with Gasteiger partial charge >= 0.3 is 0 Å². The summed E-state index contributed by atoms with van der Waals surface area (Å²) in [4.78, 5) is 10.5. The highest BCUT2D eigenvalue weighted by molar-refractivity contribution is 9.10. The van der Waals surface area contributed by atoms with Gasteiger partial charge in [0.1, 0.15) is 0 Å². The molecule has 2 aromatic rings. The van der Waals surface area contributed by atoms with Crippen LogP contribution in [-0.4, -0.2) is 24.1 Å². The number of methoxy groups -OCH3 is 1. The minimum Gasteiger partial charge on any atom is -0.480 e. The van der Waals surface area contributed by atoms with E-state index >= 15 is 0 Å². The van der Waals surface area contributed by atoms with Crippen LogP contribution in [0.5, 0.6) is 5.88 Å². The summed E-state index contributed by atoms with van der Waals surface area (Å²) in [5.74, 6) is 1.10. The molecule has 0 amide bonds. The Balaban J connectivity index is 2.20. The molecule has 2 rings (SSSR count). The molecule has 6 heteroatoms. The number of rotatable bonds is 4. The number of para-hydroxylation sites is 1. The summed E-state index contributed by atoms with van der Waals surface area (Å²) in [6.45, 7) is 0.636. The Morgan fingerprint density at radius 1 is 1.37 bits per heavy atom. The van der Waals surface area contributed by atoms with Gasteiger partial charge in [0.2, 0.25) is 11.8 Å². The zero-order valence-electron chi connectivity index (χ0n) is 10.8. The molecular formula is C13H15BrN4O. The number of halogens is 1. The quantitative estimate of drug-likeness (QED) is 0.876. The van der Waals surface area contributed by atoms with Crippen LogP contribution in [0.3, 0.4) is 0 Å². The van der Waals surface area contributed by atoms with Gasteiger partial charge in [-0.15, -0.1) is 0 Å². The first-order valence-corrected chi connectivity index (χ1v) is 6.52. The first-order chi connectivity index (χ1) is 9.11. The molecule has 1 heterocycles. The van der Waals surface area contributed by atoms with Crippen LogP contribution in [0.2, 0.25) is 0 Å². The maximum atomic E-state index is 5.93. The van der Waals surface area contributed by atoms with Gasteiger partial charge in [0.15, 0.2) is 0 Å². The molecule has 0 aliphatic heterocycles. The summed E-state index contributed by atoms with van der Waals surface area (Å²) >= 11 is 3.33. The normalized spacial score (nSPS) is 10.3. The van der Waals surface area contributed by atoms with E-state index in [-0.39, 0.29) is 0 Å². The van der Waals surface area contributed by atoms with Gasteiger partial charge < -0.3 is 15.4 Å². The number of ether oxygens (including phenoxy) is 1. The Kier molecular flexibility index (Phi) is 4.21. The summed E-state index contributed by atoms with van der Waals surface area (Å²) in [6, 6.07) is 7.74. The number of benzene rings is 1. The molecule has 0 spiro atoms. The Morgan fingerprint density at radius 3 is 2.79 bits per heavy atom. The van der Waals surface area contributed by atoms with Crippen molar-refractivity contribution in [3.63, 3.8) is 0 Å². The average molecular weight is 323 g/mol. The van der Waals surface area contributed by atoms with Crippen molar-refractivity contribution in [1.82, 2.24) is 9.97 Å². The Labute approximate surface area is 120 Å². The molecule has 0 radical (unpaired) electrons. The van der Waals surface area contributed by atoms with E-state index in [1.165, 1.54) is 0 Å². The topological polar surface area (TPSA) is 64.3 Å². The molecular weight excluding hydrogens is 308 g/mol. The van der Waals surface area contributed by atoms with E-state index in [4.69, 9.17) is 10.5 Å². The second-order valence-corrected chi connectivity index (χ2v) is 4.94. The standard InChI is InChI=1S/C13H15BrN4O/c1-18(8-9-5-3-4-6-11(9)15)13-16-7-10(14)12(17-13)19-2/h3-7H,8,15H2,1-2H3. The number of anilines is 2. The second-order valence-electron chi connectivity index (χ2n) is 4.08. The first-order valence-electron chi connectivity index (χ1n) is 5.73. The molecule has 0 atom stereocenters. The third-order valence-corrected chi connectivity index (χ3v) is 3.24. The van der Waals surface area contributed by atoms with Crippen molar-refractivity contribution in [2.24, 2.45) is 0 Å². The third-order valence-electron chi connectivity index (χ3n) is 2.70. The van der Waals surface area contributed by atoms with Gasteiger partial charge in [-0.3, -0.25) is 0 Å². The van der Waals surface area contributed by atoms with Crippen molar-refractivity contribution in [3.05, 3.63) is 40.5 Å². The molecule has 0 aliphatic carbocycles. The average Bonchev–Trinajstić information content (AvgIpc) is 2.42. The Hall–Kier alpha value is -1.82. The van der Waals surface area contributed by atoms with Gasteiger partial charge in [-0.2, -0.15) is 4.98 Å². The summed E-state index contributed by atoms with van der Waals surface area (Å²) in [6.07, 6.45) is 1.67. The molecule has 0 fully saturated rings. The molecule has 19 heavy (non-hydrogen) atoms. The summed E-state index contributed by atoms with van der Waals surface area (Å²) in [5.41, 5.74) is 7.73. The lowest BCUT2D eigenvalue weighted by Gasteiger charge is -2.18. The van der Waals surface area contributed by atoms with E-state index in [0.717, 1.165) is 15.7 Å². The van der Waals surface area contributed by atoms with E-state index in [9.17, 15) is 0 Å². The van der Waals surface area contributed by atoms with Gasteiger partial charge in [0.05, 0.1) is 17.8 Å². The van der Waals surface area contributed by atoms with E-state index in [1.54, 1.807) is 13.3 Å². The predicted octanol–water partition coefficient (Wildman–Crippen LogP) is 2.47. The molecule has 0 saturated heterocycles. The number of nitrogens with two attached hydrogens (primary N) is 1. The van der Waals surface area contributed by atoms with E-state index in [0.29, 0.717) is 18.4 Å². The van der Waals surface area contributed by atoms with Crippen LogP contribution in [0.1, 0.15) is 5.56 Å². The zero-order chi connectivity index (χ0) is 13.8. The van der Waals surface area contributed by atoms with Crippen molar-refractivity contribution in [3.8, 4) is 5.88 Å². The minimum atomic E-state index is 0.512. The molecule has 1 aromatic heterocycles. The molecule has 100 valence electrons. The first kappa shape index (κ1) is 13.6. The monoisotopic (exact) mass is 322 g/mol. The Morgan fingerprint density at radius 2 is 2.11 bits per heavy atom. The molecule has 1 aromatic carbocycles. The van der Waals surface area contributed by atoms with Crippen LogP contribution in [0.4, 0.5) is 11.6 Å². The van der Waals surface area contributed by atoms with Crippen LogP contribution in [0.15, 0.2) is 34.9 Å². The van der Waals surface area contributed by atoms with Crippen molar-refractivity contribution in [2.75, 3.05) is 24.8 Å². The highest BCUT2D eigenvalue weighted by Crippen LogP contribution is 2.24. The van der Waals surface area contributed by atoms with Gasteiger partial charge in [0, 0.05) is 19.3 Å². The van der Waals surface area contributed by atoms with E-state index < -0.39 is 0 Å². The van der Waals surface area contributed by atoms with E-state index in [1.807, 2.05) is 36.2 Å². The lowest BCUT2D eigenvalue weighted by atomic mass is 10.2. The second kappa shape index (κ2) is 5.88. The largest absolute Gasteiger partial charge is 0.480 e. The SMILES string of the molecule is COc1nc(N(C)Cc2ccccc2N)ncc1Br. The number of aromatic nitrogens is 2. The van der Waals surface area contributed by atoms with Gasteiger partial charge in [-0.1, -0.05) is 18.2 Å². The highest BCUT2D eigenvalue weighted by atomic mass is 79.9. The summed E-state index contributed by atoms with van der Waals surface area (Å²) in [5, 5.41) is 0. The predicted molar refractivity (Wildman–Crippen MR) is 79.2 cm³/mol. The lowest BCUT2D eigenvalue weighted by molar-refractivity contribution is 0.394. The van der Waals surface area contributed by atoms with Gasteiger partial charge in [-0.25, -0.2) is 4.98 Å². The van der Waals surface area contributed by atoms with Crippen LogP contribution in [-0.2, 0) is 6.54 Å². The fourth-order valence-electron chi connectivity index (χ4n) is 1.67. The van der Waals surface area contributed by atoms with Crippen molar-refractivity contribution in [2.45, 2.75) is 6.54 Å². The van der Waals surface area contributed by atoms with Crippen LogP contribution in [0.25, 0.3) is 0 Å². The van der Waals surface area contributed by atoms with E-state index in [2.05, 4.69) is 25.9 Å². The molecule has 0 unspecified atom stereocenters. The molecule has 2 N–H and O–H groups in total. The summed E-state index contributed by atoms with van der Waals surface area (Å²) in [7, 11) is 3.49. The number of hydrogen-bond acceptors (Lipinski definition) is 5. The molecule has 0 bridgehead atoms. The fraction of sp³-hybridized carbons (Fsp3) is 0.231. The number of hydrogen-bond donors (Lipinski definition) is 1. The zero-order valence-corrected chi connectivity index (χ0v) is 12.4. The van der Waals surface area contributed by atoms with Gasteiger partial charge in [0.25, 0.3) is 0 Å². The lowest BCUT2D eigenvalue weighted by Crippen LogP contribution is -2.20. The van der Waals surface area contributed by atoms with Crippen LogP contribution in [0, 0.1) is 0 Å². The third kappa shape index (κ3) is 3.14. The molecule has 0 saturated carbocycles. The number of nitrogen functional groups attached to an aromatic ring is 1. The highest BCUT2D eigenvalue weighted by Gasteiger charge is 2.10. The smallest absolute Gasteiger partial charge is 0.232 e. The van der Waals surface area contributed by atoms with Crippen LogP contribution >= 0.6 is 15.9 Å². The van der Waals surface area contributed by atoms with Crippen molar-refractivity contribution in [1.29, 1.82) is 0 Å². The van der Waals surface area contributed by atoms with Gasteiger partial charge in [-0.05, 0) is 27.6 Å². The maximum Gasteiger partial charge on any atom is 0.232 e. The fourth-order valence-corrected chi connectivity index (χ4v) is 2.03. The number of nitrogens with zero attached hydrogens (tertiary/aromatic N) is 3. The molecule has 0 aliphatic rings. The maximum absolute atomic E-state index is 5.93.